The second-order valence-electron chi connectivity index (χ2n) is 9.48. The lowest BCUT2D eigenvalue weighted by atomic mass is 9.74. The van der Waals surface area contributed by atoms with E-state index in [1.807, 2.05) is 0 Å². The summed E-state index contributed by atoms with van der Waals surface area (Å²) in [5.41, 5.74) is -2.51. The largest absolute Gasteiger partial charge is 0.598 e. The number of carbonyl (C=O) groups is 1. The van der Waals surface area contributed by atoms with Gasteiger partial charge in [-0.3, -0.25) is 4.79 Å². The molecule has 0 aliphatic heterocycles. The quantitative estimate of drug-likeness (QED) is 0.398. The summed E-state index contributed by atoms with van der Waals surface area (Å²) >= 11 is 4.61. The third-order valence-electron chi connectivity index (χ3n) is 7.52. The lowest BCUT2D eigenvalue weighted by Gasteiger charge is -2.37. The highest BCUT2D eigenvalue weighted by Crippen LogP contribution is 2.63. The SMILES string of the molecule is CC[S+]([O-])N[C@@H]1C[C@H](C(=O)N[C@H](c2c(F)ccc(Cl)c2F)C23CCC(F)(CC2)C3)C[C@@H]1O. The van der Waals surface area contributed by atoms with E-state index in [1.165, 1.54) is 0 Å². The van der Waals surface area contributed by atoms with Crippen molar-refractivity contribution in [3.05, 3.63) is 34.4 Å². The second kappa shape index (κ2) is 8.98. The summed E-state index contributed by atoms with van der Waals surface area (Å²) in [6.45, 7) is 1.74. The molecule has 0 heterocycles. The van der Waals surface area contributed by atoms with Crippen LogP contribution in [-0.4, -0.2) is 39.1 Å². The van der Waals surface area contributed by atoms with Gasteiger partial charge in [-0.25, -0.2) is 13.2 Å². The maximum Gasteiger partial charge on any atom is 0.223 e. The maximum absolute atomic E-state index is 15.0. The van der Waals surface area contributed by atoms with Crippen molar-refractivity contribution in [1.29, 1.82) is 0 Å². The highest BCUT2D eigenvalue weighted by atomic mass is 35.5. The monoisotopic (exact) mass is 492 g/mol. The number of amides is 1. The Morgan fingerprint density at radius 2 is 2.00 bits per heavy atom. The summed E-state index contributed by atoms with van der Waals surface area (Å²) < 4.78 is 59.5. The second-order valence-corrected chi connectivity index (χ2v) is 11.4. The van der Waals surface area contributed by atoms with Crippen molar-refractivity contribution in [1.82, 2.24) is 10.0 Å². The van der Waals surface area contributed by atoms with E-state index in [4.69, 9.17) is 11.6 Å². The molecular weight excluding hydrogens is 465 g/mol. The molecule has 1 aromatic rings. The Morgan fingerprint density at radius 3 is 2.59 bits per heavy atom. The average Bonchev–Trinajstić information content (AvgIpc) is 3.41. The first-order valence-electron chi connectivity index (χ1n) is 11.0. The van der Waals surface area contributed by atoms with Crippen molar-refractivity contribution >= 4 is 28.9 Å². The molecule has 0 spiro atoms. The number of aliphatic hydroxyl groups is 1. The van der Waals surface area contributed by atoms with Crippen LogP contribution in [0, 0.1) is 23.0 Å². The normalized spacial score (nSPS) is 35.8. The summed E-state index contributed by atoms with van der Waals surface area (Å²) in [6.07, 6.45) is 1.04. The molecule has 0 aromatic heterocycles. The predicted octanol–water partition coefficient (Wildman–Crippen LogP) is 3.86. The molecule has 5 atom stereocenters. The van der Waals surface area contributed by atoms with Gasteiger partial charge in [0.2, 0.25) is 5.91 Å². The van der Waals surface area contributed by atoms with E-state index < -0.39 is 64.1 Å². The molecule has 178 valence electrons. The lowest BCUT2D eigenvalue weighted by Crippen LogP contribution is -2.43. The fourth-order valence-corrected chi connectivity index (χ4v) is 6.70. The zero-order valence-electron chi connectivity index (χ0n) is 17.8. The van der Waals surface area contributed by atoms with Crippen molar-refractivity contribution in [2.45, 2.75) is 75.7 Å². The van der Waals surface area contributed by atoms with Crippen LogP contribution in [0.5, 0.6) is 0 Å². The van der Waals surface area contributed by atoms with Crippen LogP contribution in [-0.2, 0) is 16.2 Å². The average molecular weight is 493 g/mol. The number of aliphatic hydroxyl groups excluding tert-OH is 1. The van der Waals surface area contributed by atoms with E-state index in [2.05, 4.69) is 10.0 Å². The van der Waals surface area contributed by atoms with Crippen LogP contribution in [0.15, 0.2) is 12.1 Å². The van der Waals surface area contributed by atoms with E-state index >= 15 is 4.39 Å². The zero-order valence-corrected chi connectivity index (χ0v) is 19.4. The molecule has 1 unspecified atom stereocenters. The Kier molecular flexibility index (Phi) is 6.77. The Hall–Kier alpha value is -1.00. The van der Waals surface area contributed by atoms with Gasteiger partial charge in [0, 0.05) is 22.8 Å². The fourth-order valence-electron chi connectivity index (χ4n) is 5.78. The van der Waals surface area contributed by atoms with Gasteiger partial charge in [0.15, 0.2) is 0 Å². The van der Waals surface area contributed by atoms with Crippen LogP contribution >= 0.6 is 11.6 Å². The van der Waals surface area contributed by atoms with E-state index in [9.17, 15) is 23.2 Å². The molecule has 0 saturated heterocycles. The minimum absolute atomic E-state index is 0.128. The molecule has 10 heteroatoms. The molecule has 1 amide bonds. The molecular formula is C22H28ClF3N2O3S. The van der Waals surface area contributed by atoms with Crippen LogP contribution in [0.3, 0.4) is 0 Å². The molecule has 2 bridgehead atoms. The first-order valence-corrected chi connectivity index (χ1v) is 12.7. The van der Waals surface area contributed by atoms with Crippen LogP contribution in [0.25, 0.3) is 0 Å². The molecule has 3 fully saturated rings. The number of hydrogen-bond donors (Lipinski definition) is 3. The third-order valence-corrected chi connectivity index (χ3v) is 8.90. The van der Waals surface area contributed by atoms with E-state index in [1.54, 1.807) is 6.92 Å². The smallest absolute Gasteiger partial charge is 0.223 e. The number of rotatable bonds is 7. The highest BCUT2D eigenvalue weighted by molar-refractivity contribution is 7.89. The van der Waals surface area contributed by atoms with Gasteiger partial charge in [0.1, 0.15) is 23.1 Å². The maximum atomic E-state index is 15.0. The molecule has 32 heavy (non-hydrogen) atoms. The van der Waals surface area contributed by atoms with Crippen molar-refractivity contribution in [3.63, 3.8) is 0 Å². The minimum Gasteiger partial charge on any atom is -0.598 e. The Bertz CT molecular complexity index is 884. The number of alkyl halides is 1. The summed E-state index contributed by atoms with van der Waals surface area (Å²) in [5, 5.41) is 12.9. The van der Waals surface area contributed by atoms with Crippen molar-refractivity contribution in [2.75, 3.05) is 5.75 Å². The molecule has 3 aliphatic carbocycles. The first kappa shape index (κ1) is 24.1. The van der Waals surface area contributed by atoms with Gasteiger partial charge in [-0.05, 0) is 69.4 Å². The van der Waals surface area contributed by atoms with Crippen LogP contribution in [0.1, 0.15) is 63.5 Å². The van der Waals surface area contributed by atoms with Gasteiger partial charge in [-0.1, -0.05) is 11.6 Å². The molecule has 3 aliphatic rings. The minimum atomic E-state index is -1.38. The van der Waals surface area contributed by atoms with Crippen LogP contribution < -0.4 is 10.0 Å². The number of hydrogen-bond acceptors (Lipinski definition) is 4. The summed E-state index contributed by atoms with van der Waals surface area (Å²) in [5.74, 6) is -2.50. The molecule has 3 N–H and O–H groups in total. The first-order chi connectivity index (χ1) is 15.1. The number of nitrogens with one attached hydrogen (secondary N) is 2. The predicted molar refractivity (Wildman–Crippen MR) is 116 cm³/mol. The summed E-state index contributed by atoms with van der Waals surface area (Å²) in [6, 6.07) is 0.594. The standard InChI is InChI=1S/C22H28ClF3N2O3S/c1-2-32(31)28-15-9-12(10-16(15)29)20(30)27-19(17-14(24)4-3-13(23)18(17)25)21-5-7-22(26,11-21)8-6-21/h3-4,12,15-16,19,28-29H,2,5-11H2,1H3,(H,27,30)/t12-,15+,16-,19+,21?,22?,32?/m0/s1. The van der Waals surface area contributed by atoms with Gasteiger partial charge in [0.05, 0.1) is 23.2 Å². The molecule has 5 nitrogen and oxygen atoms in total. The van der Waals surface area contributed by atoms with Gasteiger partial charge in [0.25, 0.3) is 0 Å². The zero-order chi connectivity index (χ0) is 23.3. The molecule has 3 saturated carbocycles. The number of fused-ring (bicyclic) bond motifs is 2. The van der Waals surface area contributed by atoms with Gasteiger partial charge in [-0.2, -0.15) is 0 Å². The number of benzene rings is 1. The highest BCUT2D eigenvalue weighted by Gasteiger charge is 2.59. The summed E-state index contributed by atoms with van der Waals surface area (Å²) in [4.78, 5) is 13.2. The number of halogens is 4. The Labute approximate surface area is 193 Å². The van der Waals surface area contributed by atoms with E-state index in [-0.39, 0.29) is 29.8 Å². The summed E-state index contributed by atoms with van der Waals surface area (Å²) in [7, 11) is 0. The molecule has 4 rings (SSSR count). The van der Waals surface area contributed by atoms with Crippen LogP contribution in [0.4, 0.5) is 13.2 Å². The Balaban J connectivity index is 1.60. The van der Waals surface area contributed by atoms with E-state index in [0.717, 1.165) is 12.1 Å². The topological polar surface area (TPSA) is 84.4 Å². The van der Waals surface area contributed by atoms with Crippen molar-refractivity contribution < 1.29 is 27.6 Å². The fraction of sp³-hybridized carbons (Fsp3) is 0.682. The van der Waals surface area contributed by atoms with Gasteiger partial charge >= 0.3 is 0 Å². The Morgan fingerprint density at radius 1 is 1.31 bits per heavy atom. The number of carbonyl (C=O) groups excluding carboxylic acids is 1. The van der Waals surface area contributed by atoms with Crippen molar-refractivity contribution in [3.8, 4) is 0 Å². The lowest BCUT2D eigenvalue weighted by molar-refractivity contribution is -0.127. The van der Waals surface area contributed by atoms with Gasteiger partial charge in [-0.15, -0.1) is 4.72 Å². The molecule has 0 radical (unpaired) electrons. The van der Waals surface area contributed by atoms with Gasteiger partial charge < -0.3 is 15.0 Å². The third kappa shape index (κ3) is 4.39. The molecule has 1 aromatic carbocycles. The van der Waals surface area contributed by atoms with Crippen LogP contribution in [0.2, 0.25) is 5.02 Å². The van der Waals surface area contributed by atoms with Crippen molar-refractivity contribution in [2.24, 2.45) is 11.3 Å². The van der Waals surface area contributed by atoms with E-state index in [0.29, 0.717) is 31.4 Å².